The van der Waals surface area contributed by atoms with Gasteiger partial charge in [0.05, 0.1) is 36.0 Å². The van der Waals surface area contributed by atoms with Crippen LogP contribution >= 0.6 is 35.0 Å². The van der Waals surface area contributed by atoms with Crippen molar-refractivity contribution < 1.29 is 23.2 Å². The van der Waals surface area contributed by atoms with Gasteiger partial charge in [-0.1, -0.05) is 47.1 Å². The van der Waals surface area contributed by atoms with Crippen LogP contribution in [0.15, 0.2) is 75.4 Å². The minimum absolute atomic E-state index is 0.160. The lowest BCUT2D eigenvalue weighted by molar-refractivity contribution is -0.388. The Labute approximate surface area is 191 Å². The molecule has 0 saturated heterocycles. The van der Waals surface area contributed by atoms with Crippen LogP contribution in [0.1, 0.15) is 10.4 Å². The van der Waals surface area contributed by atoms with E-state index < -0.39 is 31.5 Å². The molecule has 0 aromatic heterocycles. The van der Waals surface area contributed by atoms with Gasteiger partial charge in [-0.2, -0.15) is 0 Å². The highest BCUT2D eigenvalue weighted by Gasteiger charge is 2.23. The van der Waals surface area contributed by atoms with Crippen LogP contribution in [0.2, 0.25) is 10.0 Å². The number of aromatic carboxylic acids is 1. The zero-order chi connectivity index (χ0) is 22.8. The highest BCUT2D eigenvalue weighted by Crippen LogP contribution is 2.38. The first-order chi connectivity index (χ1) is 14.6. The number of sulfonamides is 1. The second kappa shape index (κ2) is 9.15. The smallest absolute Gasteiger partial charge is 0.337 e. The Balaban J connectivity index is 1.97. The zero-order valence-electron chi connectivity index (χ0n) is 15.3. The Morgan fingerprint density at radius 1 is 1.03 bits per heavy atom. The maximum absolute atomic E-state index is 12.7. The molecular weight excluding hydrogens is 487 g/mol. The molecule has 12 heteroatoms. The fourth-order valence-corrected chi connectivity index (χ4v) is 4.93. The number of halogens is 2. The number of para-hydroxylation sites is 1. The largest absolute Gasteiger partial charge is 0.478 e. The molecule has 160 valence electrons. The van der Waals surface area contributed by atoms with Crippen LogP contribution in [0.25, 0.3) is 0 Å². The zero-order valence-corrected chi connectivity index (χ0v) is 18.4. The van der Waals surface area contributed by atoms with Crippen molar-refractivity contribution in [3.8, 4) is 0 Å². The molecule has 0 spiro atoms. The summed E-state index contributed by atoms with van der Waals surface area (Å²) in [5.74, 6) is -1.32. The first-order valence-corrected chi connectivity index (χ1v) is 11.4. The molecule has 0 heterocycles. The second-order valence-corrected chi connectivity index (χ2v) is 9.63. The lowest BCUT2D eigenvalue weighted by Crippen LogP contribution is -2.15. The van der Waals surface area contributed by atoms with Gasteiger partial charge in [-0.15, -0.1) is 0 Å². The van der Waals surface area contributed by atoms with Crippen LogP contribution in [-0.2, 0) is 10.0 Å². The second-order valence-electron chi connectivity index (χ2n) is 6.02. The quantitative estimate of drug-likeness (QED) is 0.322. The Kier molecular flexibility index (Phi) is 6.75. The Morgan fingerprint density at radius 2 is 1.74 bits per heavy atom. The molecule has 0 amide bonds. The molecule has 3 aromatic rings. The van der Waals surface area contributed by atoms with Gasteiger partial charge in [-0.25, -0.2) is 13.2 Å². The van der Waals surface area contributed by atoms with Gasteiger partial charge in [0.1, 0.15) is 0 Å². The number of rotatable bonds is 7. The molecular formula is C19H12Cl2N2O6S2. The van der Waals surface area contributed by atoms with Crippen molar-refractivity contribution in [2.24, 2.45) is 0 Å². The van der Waals surface area contributed by atoms with Crippen LogP contribution in [-0.4, -0.2) is 24.4 Å². The van der Waals surface area contributed by atoms with Crippen molar-refractivity contribution in [1.82, 2.24) is 0 Å². The number of hydrogen-bond acceptors (Lipinski definition) is 6. The van der Waals surface area contributed by atoms with Crippen molar-refractivity contribution in [2.45, 2.75) is 14.7 Å². The van der Waals surface area contributed by atoms with Gasteiger partial charge in [0, 0.05) is 11.0 Å². The molecule has 2 N–H and O–H groups in total. The average molecular weight is 499 g/mol. The minimum atomic E-state index is -4.29. The monoisotopic (exact) mass is 498 g/mol. The predicted octanol–water partition coefficient (Wildman–Crippen LogP) is 5.55. The summed E-state index contributed by atoms with van der Waals surface area (Å²) in [5, 5.41) is 21.4. The van der Waals surface area contributed by atoms with Gasteiger partial charge in [0.25, 0.3) is 15.7 Å². The first-order valence-electron chi connectivity index (χ1n) is 8.35. The van der Waals surface area contributed by atoms with E-state index in [2.05, 4.69) is 4.72 Å². The highest BCUT2D eigenvalue weighted by atomic mass is 35.5. The van der Waals surface area contributed by atoms with Gasteiger partial charge in [-0.05, 0) is 42.5 Å². The maximum Gasteiger partial charge on any atom is 0.337 e. The number of nitro benzene ring substituents is 1. The molecule has 0 aliphatic heterocycles. The van der Waals surface area contributed by atoms with E-state index in [0.717, 1.165) is 17.8 Å². The van der Waals surface area contributed by atoms with Crippen molar-refractivity contribution in [1.29, 1.82) is 0 Å². The lowest BCUT2D eigenvalue weighted by atomic mass is 10.2. The summed E-state index contributed by atoms with van der Waals surface area (Å²) in [7, 11) is -4.29. The third-order valence-electron chi connectivity index (χ3n) is 3.96. The first kappa shape index (κ1) is 22.9. The topological polar surface area (TPSA) is 127 Å². The molecule has 3 rings (SSSR count). The summed E-state index contributed by atoms with van der Waals surface area (Å²) in [5.41, 5.74) is -0.857. The average Bonchev–Trinajstić information content (AvgIpc) is 2.70. The SMILES string of the molecule is O=C(O)c1ccccc1NS(=O)(=O)c1ccc(Sc2ccc(Cl)c(Cl)c2)c([N+](=O)[O-])c1. The van der Waals surface area contributed by atoms with Crippen LogP contribution in [0, 0.1) is 10.1 Å². The van der Waals surface area contributed by atoms with E-state index in [1.165, 1.54) is 42.5 Å². The standard InChI is InChI=1S/C19H12Cl2N2O6S2/c20-14-7-5-11(9-15(14)21)30-18-8-6-12(10-17(18)23(26)27)31(28,29)22-16-4-2-1-3-13(16)19(24)25/h1-10,22H,(H,24,25). The van der Waals surface area contributed by atoms with E-state index in [4.69, 9.17) is 23.2 Å². The van der Waals surface area contributed by atoms with E-state index in [1.54, 1.807) is 12.1 Å². The molecule has 0 aliphatic carbocycles. The summed E-state index contributed by atoms with van der Waals surface area (Å²) in [6.07, 6.45) is 0. The molecule has 0 radical (unpaired) electrons. The third kappa shape index (κ3) is 5.28. The van der Waals surface area contributed by atoms with Gasteiger partial charge in [0.2, 0.25) is 0 Å². The van der Waals surface area contributed by atoms with E-state index in [1.807, 2.05) is 0 Å². The van der Waals surface area contributed by atoms with Crippen molar-refractivity contribution in [3.63, 3.8) is 0 Å². The predicted molar refractivity (Wildman–Crippen MR) is 118 cm³/mol. The Morgan fingerprint density at radius 3 is 2.39 bits per heavy atom. The highest BCUT2D eigenvalue weighted by molar-refractivity contribution is 7.99. The summed E-state index contributed by atoms with van der Waals surface area (Å²) in [6, 6.07) is 13.5. The molecule has 0 aliphatic rings. The summed E-state index contributed by atoms with van der Waals surface area (Å²) >= 11 is 12.9. The molecule has 31 heavy (non-hydrogen) atoms. The van der Waals surface area contributed by atoms with Gasteiger partial charge in [0.15, 0.2) is 0 Å². The van der Waals surface area contributed by atoms with Crippen LogP contribution < -0.4 is 4.72 Å². The number of carboxylic acid groups (broad SMARTS) is 1. The van der Waals surface area contributed by atoms with Crippen LogP contribution in [0.3, 0.4) is 0 Å². The molecule has 0 fully saturated rings. The van der Waals surface area contributed by atoms with E-state index in [0.29, 0.717) is 9.92 Å². The molecule has 0 atom stereocenters. The molecule has 0 unspecified atom stereocenters. The van der Waals surface area contributed by atoms with E-state index in [9.17, 15) is 28.4 Å². The van der Waals surface area contributed by atoms with E-state index in [-0.39, 0.29) is 21.2 Å². The van der Waals surface area contributed by atoms with Crippen molar-refractivity contribution in [2.75, 3.05) is 4.72 Å². The third-order valence-corrected chi connectivity index (χ3v) is 7.12. The Hall–Kier alpha value is -2.79. The number of carbonyl (C=O) groups is 1. The van der Waals surface area contributed by atoms with Gasteiger partial charge in [-0.3, -0.25) is 14.8 Å². The minimum Gasteiger partial charge on any atom is -0.478 e. The number of benzene rings is 3. The number of anilines is 1. The molecule has 0 bridgehead atoms. The normalized spacial score (nSPS) is 11.2. The summed E-state index contributed by atoms with van der Waals surface area (Å²) in [4.78, 5) is 22.5. The Bertz CT molecular complexity index is 1300. The number of nitrogens with zero attached hydrogens (tertiary/aromatic N) is 1. The molecule has 0 saturated carbocycles. The fraction of sp³-hybridized carbons (Fsp3) is 0. The van der Waals surface area contributed by atoms with Gasteiger partial charge >= 0.3 is 5.97 Å². The number of nitrogens with one attached hydrogen (secondary N) is 1. The van der Waals surface area contributed by atoms with Gasteiger partial charge < -0.3 is 5.11 Å². The van der Waals surface area contributed by atoms with E-state index >= 15 is 0 Å². The fourth-order valence-electron chi connectivity index (χ4n) is 2.52. The number of nitro groups is 1. The summed E-state index contributed by atoms with van der Waals surface area (Å²) in [6.45, 7) is 0. The van der Waals surface area contributed by atoms with Crippen molar-refractivity contribution >= 4 is 62.3 Å². The number of hydrogen-bond donors (Lipinski definition) is 2. The lowest BCUT2D eigenvalue weighted by Gasteiger charge is -2.11. The maximum atomic E-state index is 12.7. The van der Waals surface area contributed by atoms with Crippen LogP contribution in [0.5, 0.6) is 0 Å². The molecule has 8 nitrogen and oxygen atoms in total. The van der Waals surface area contributed by atoms with Crippen LogP contribution in [0.4, 0.5) is 11.4 Å². The van der Waals surface area contributed by atoms with Crippen molar-refractivity contribution in [3.05, 3.63) is 86.4 Å². The molecule has 3 aromatic carbocycles. The summed E-state index contributed by atoms with van der Waals surface area (Å²) < 4.78 is 27.6. The number of carboxylic acids is 1.